The third-order valence-corrected chi connectivity index (χ3v) is 4.03. The van der Waals surface area contributed by atoms with Crippen LogP contribution in [-0.4, -0.2) is 13.1 Å². The number of rotatable bonds is 1. The fourth-order valence-electron chi connectivity index (χ4n) is 2.31. The Balaban J connectivity index is 2.26. The molecule has 2 unspecified atom stereocenters. The fraction of sp³-hybridized carbons (Fsp3) is 0.538. The van der Waals surface area contributed by atoms with E-state index in [1.54, 1.807) is 6.07 Å². The van der Waals surface area contributed by atoms with E-state index in [0.29, 0.717) is 11.6 Å². The second-order valence-electron chi connectivity index (χ2n) is 5.01. The quantitative estimate of drug-likeness (QED) is 0.779. The van der Waals surface area contributed by atoms with Crippen LogP contribution in [0.3, 0.4) is 0 Å². The molecular weight excluding hydrogens is 239 g/mol. The van der Waals surface area contributed by atoms with E-state index in [-0.39, 0.29) is 5.02 Å². The Morgan fingerprint density at radius 1 is 1.35 bits per heavy atom. The largest absolute Gasteiger partial charge is 0.397 e. The number of hydrogen-bond acceptors (Lipinski definition) is 2. The average Bonchev–Trinajstić information content (AvgIpc) is 2.27. The molecule has 2 nitrogen and oxygen atoms in total. The lowest BCUT2D eigenvalue weighted by Crippen LogP contribution is -2.38. The summed E-state index contributed by atoms with van der Waals surface area (Å²) in [6, 6.07) is 2.94. The van der Waals surface area contributed by atoms with Crippen LogP contribution in [0.2, 0.25) is 5.02 Å². The maximum absolute atomic E-state index is 13.2. The molecule has 0 radical (unpaired) electrons. The molecule has 0 aliphatic carbocycles. The molecule has 2 atom stereocenters. The Morgan fingerprint density at radius 2 is 2.06 bits per heavy atom. The molecule has 94 valence electrons. The molecule has 1 aliphatic rings. The van der Waals surface area contributed by atoms with Crippen LogP contribution in [0.25, 0.3) is 0 Å². The van der Waals surface area contributed by atoms with Gasteiger partial charge in [-0.1, -0.05) is 25.4 Å². The first-order valence-electron chi connectivity index (χ1n) is 5.98. The number of nitrogen functional groups attached to an aromatic ring is 1. The number of anilines is 2. The van der Waals surface area contributed by atoms with Crippen molar-refractivity contribution in [2.24, 2.45) is 11.8 Å². The van der Waals surface area contributed by atoms with E-state index in [0.717, 1.165) is 31.1 Å². The first kappa shape index (κ1) is 12.5. The highest BCUT2D eigenvalue weighted by molar-refractivity contribution is 6.31. The van der Waals surface area contributed by atoms with Gasteiger partial charge < -0.3 is 10.6 Å². The van der Waals surface area contributed by atoms with E-state index in [1.165, 1.54) is 6.07 Å². The van der Waals surface area contributed by atoms with Crippen molar-refractivity contribution < 1.29 is 4.39 Å². The van der Waals surface area contributed by atoms with Gasteiger partial charge in [-0.25, -0.2) is 4.39 Å². The average molecular weight is 257 g/mol. The molecular formula is C13H18ClFN2. The standard InChI is InChI=1S/C13H18ClFN2/c1-8-3-4-17(7-9(8)2)13-5-10(14)11(15)6-12(13)16/h5-6,8-9H,3-4,7,16H2,1-2H3. The van der Waals surface area contributed by atoms with Crippen molar-refractivity contribution in [3.05, 3.63) is 23.0 Å². The van der Waals surface area contributed by atoms with Gasteiger partial charge >= 0.3 is 0 Å². The van der Waals surface area contributed by atoms with E-state index in [2.05, 4.69) is 18.7 Å². The molecule has 1 heterocycles. The van der Waals surface area contributed by atoms with Crippen LogP contribution >= 0.6 is 11.6 Å². The van der Waals surface area contributed by atoms with Crippen molar-refractivity contribution in [3.63, 3.8) is 0 Å². The summed E-state index contributed by atoms with van der Waals surface area (Å²) in [6.45, 7) is 6.41. The van der Waals surface area contributed by atoms with Crippen molar-refractivity contribution in [1.82, 2.24) is 0 Å². The highest BCUT2D eigenvalue weighted by Crippen LogP contribution is 2.33. The van der Waals surface area contributed by atoms with Crippen LogP contribution < -0.4 is 10.6 Å². The molecule has 1 aromatic rings. The maximum atomic E-state index is 13.2. The molecule has 1 aromatic carbocycles. The van der Waals surface area contributed by atoms with Gasteiger partial charge in [0, 0.05) is 19.2 Å². The predicted molar refractivity (Wildman–Crippen MR) is 71.0 cm³/mol. The van der Waals surface area contributed by atoms with Crippen LogP contribution in [0.4, 0.5) is 15.8 Å². The Bertz CT molecular complexity index is 422. The van der Waals surface area contributed by atoms with Crippen molar-refractivity contribution >= 4 is 23.0 Å². The molecule has 2 rings (SSSR count). The van der Waals surface area contributed by atoms with Crippen LogP contribution in [0.1, 0.15) is 20.3 Å². The minimum atomic E-state index is -0.452. The summed E-state index contributed by atoms with van der Waals surface area (Å²) in [7, 11) is 0. The van der Waals surface area contributed by atoms with E-state index in [4.69, 9.17) is 17.3 Å². The number of benzene rings is 1. The molecule has 0 aromatic heterocycles. The Kier molecular flexibility index (Phi) is 3.48. The van der Waals surface area contributed by atoms with E-state index in [1.807, 2.05) is 0 Å². The second-order valence-corrected chi connectivity index (χ2v) is 5.42. The zero-order valence-corrected chi connectivity index (χ0v) is 11.0. The van der Waals surface area contributed by atoms with Crippen molar-refractivity contribution in [2.75, 3.05) is 23.7 Å². The van der Waals surface area contributed by atoms with Gasteiger partial charge in [0.2, 0.25) is 0 Å². The van der Waals surface area contributed by atoms with Gasteiger partial charge in [0.05, 0.1) is 16.4 Å². The SMILES string of the molecule is CC1CCN(c2cc(Cl)c(F)cc2N)CC1C. The molecule has 0 spiro atoms. The summed E-state index contributed by atoms with van der Waals surface area (Å²) in [6.07, 6.45) is 1.13. The lowest BCUT2D eigenvalue weighted by Gasteiger charge is -2.37. The zero-order chi connectivity index (χ0) is 12.6. The maximum Gasteiger partial charge on any atom is 0.143 e. The molecule has 2 N–H and O–H groups in total. The summed E-state index contributed by atoms with van der Waals surface area (Å²) >= 11 is 5.81. The van der Waals surface area contributed by atoms with Crippen molar-refractivity contribution in [1.29, 1.82) is 0 Å². The Labute approximate surface area is 107 Å². The van der Waals surface area contributed by atoms with Gasteiger partial charge in [-0.05, 0) is 24.3 Å². The van der Waals surface area contributed by atoms with Crippen LogP contribution in [0.15, 0.2) is 12.1 Å². The molecule has 1 saturated heterocycles. The van der Waals surface area contributed by atoms with Crippen LogP contribution in [-0.2, 0) is 0 Å². The summed E-state index contributed by atoms with van der Waals surface area (Å²) in [5.41, 5.74) is 7.18. The highest BCUT2D eigenvalue weighted by Gasteiger charge is 2.24. The summed E-state index contributed by atoms with van der Waals surface area (Å²) < 4.78 is 13.2. The summed E-state index contributed by atoms with van der Waals surface area (Å²) in [5.74, 6) is 0.890. The number of halogens is 2. The molecule has 1 aliphatic heterocycles. The normalized spacial score (nSPS) is 25.1. The molecule has 17 heavy (non-hydrogen) atoms. The van der Waals surface area contributed by atoms with E-state index < -0.39 is 5.82 Å². The van der Waals surface area contributed by atoms with Gasteiger partial charge in [0.25, 0.3) is 0 Å². The lowest BCUT2D eigenvalue weighted by atomic mass is 9.88. The summed E-state index contributed by atoms with van der Waals surface area (Å²) in [4.78, 5) is 2.20. The number of nitrogens with zero attached hydrogens (tertiary/aromatic N) is 1. The minimum absolute atomic E-state index is 0.139. The fourth-order valence-corrected chi connectivity index (χ4v) is 2.47. The molecule has 0 bridgehead atoms. The van der Waals surface area contributed by atoms with Gasteiger partial charge in [-0.15, -0.1) is 0 Å². The van der Waals surface area contributed by atoms with Crippen molar-refractivity contribution in [3.8, 4) is 0 Å². The minimum Gasteiger partial charge on any atom is -0.397 e. The third kappa shape index (κ3) is 2.49. The van der Waals surface area contributed by atoms with Crippen molar-refractivity contribution in [2.45, 2.75) is 20.3 Å². The van der Waals surface area contributed by atoms with E-state index in [9.17, 15) is 4.39 Å². The van der Waals surface area contributed by atoms with Gasteiger partial charge in [-0.2, -0.15) is 0 Å². The van der Waals surface area contributed by atoms with Gasteiger partial charge in [-0.3, -0.25) is 0 Å². The zero-order valence-electron chi connectivity index (χ0n) is 10.2. The lowest BCUT2D eigenvalue weighted by molar-refractivity contribution is 0.324. The monoisotopic (exact) mass is 256 g/mol. The van der Waals surface area contributed by atoms with Crippen LogP contribution in [0.5, 0.6) is 0 Å². The third-order valence-electron chi connectivity index (χ3n) is 3.74. The second kappa shape index (κ2) is 4.73. The number of piperidine rings is 1. The molecule has 0 amide bonds. The number of nitrogens with two attached hydrogens (primary N) is 1. The van der Waals surface area contributed by atoms with Crippen LogP contribution in [0, 0.1) is 17.7 Å². The van der Waals surface area contributed by atoms with E-state index >= 15 is 0 Å². The smallest absolute Gasteiger partial charge is 0.143 e. The summed E-state index contributed by atoms with van der Waals surface area (Å²) in [5, 5.41) is 0.139. The highest BCUT2D eigenvalue weighted by atomic mass is 35.5. The van der Waals surface area contributed by atoms with Gasteiger partial charge in [0.1, 0.15) is 5.82 Å². The topological polar surface area (TPSA) is 29.3 Å². The first-order chi connectivity index (χ1) is 7.99. The number of hydrogen-bond donors (Lipinski definition) is 1. The Hall–Kier alpha value is -0.960. The van der Waals surface area contributed by atoms with Gasteiger partial charge in [0.15, 0.2) is 0 Å². The molecule has 4 heteroatoms. The first-order valence-corrected chi connectivity index (χ1v) is 6.36. The Morgan fingerprint density at radius 3 is 2.71 bits per heavy atom. The molecule has 1 fully saturated rings. The molecule has 0 saturated carbocycles. The predicted octanol–water partition coefficient (Wildman–Crippen LogP) is 3.54.